The minimum absolute atomic E-state index is 0.0856. The first-order chi connectivity index (χ1) is 12.9. The maximum absolute atomic E-state index is 12.6. The van der Waals surface area contributed by atoms with E-state index in [-0.39, 0.29) is 12.6 Å². The Hall–Kier alpha value is -2.58. The number of hydrogen-bond donors (Lipinski definition) is 2. The van der Waals surface area contributed by atoms with E-state index in [1.807, 2.05) is 27.8 Å². The summed E-state index contributed by atoms with van der Waals surface area (Å²) in [5.74, 6) is -1.50. The van der Waals surface area contributed by atoms with E-state index in [0.717, 1.165) is 17.0 Å². The predicted octanol–water partition coefficient (Wildman–Crippen LogP) is 1.54. The molecule has 2 atom stereocenters. The number of rotatable bonds is 7. The molecule has 0 radical (unpaired) electrons. The van der Waals surface area contributed by atoms with E-state index in [9.17, 15) is 14.4 Å². The number of hydrogen-bond acceptors (Lipinski definition) is 6. The molecule has 2 N–H and O–H groups in total. The monoisotopic (exact) mass is 396 g/mol. The number of esters is 1. The second-order valence-electron chi connectivity index (χ2n) is 7.72. The van der Waals surface area contributed by atoms with Gasteiger partial charge in [-0.05, 0) is 60.5 Å². The summed E-state index contributed by atoms with van der Waals surface area (Å²) < 4.78 is 11.8. The van der Waals surface area contributed by atoms with Gasteiger partial charge in [0.1, 0.15) is 5.60 Å². The molecule has 9 nitrogen and oxygen atoms in total. The molecule has 158 valence electrons. The van der Waals surface area contributed by atoms with Gasteiger partial charge in [0.15, 0.2) is 0 Å². The fourth-order valence-electron chi connectivity index (χ4n) is 2.68. The summed E-state index contributed by atoms with van der Waals surface area (Å²) in [5.41, 5.74) is 2.16. The zero-order valence-electron chi connectivity index (χ0n) is 18.0. The molecule has 1 heterocycles. The van der Waals surface area contributed by atoms with Gasteiger partial charge in [-0.1, -0.05) is 0 Å². The van der Waals surface area contributed by atoms with Crippen LogP contribution in [0, 0.1) is 13.8 Å². The third kappa shape index (κ3) is 6.86. The van der Waals surface area contributed by atoms with Crippen LogP contribution in [-0.4, -0.2) is 52.0 Å². The largest absolute Gasteiger partial charge is 0.464 e. The van der Waals surface area contributed by atoms with Crippen molar-refractivity contribution in [3.63, 3.8) is 0 Å². The minimum atomic E-state index is -1.49. The van der Waals surface area contributed by atoms with Crippen molar-refractivity contribution in [1.82, 2.24) is 20.4 Å². The highest BCUT2D eigenvalue weighted by Gasteiger charge is 2.32. The van der Waals surface area contributed by atoms with Crippen molar-refractivity contribution < 1.29 is 23.9 Å². The van der Waals surface area contributed by atoms with Crippen molar-refractivity contribution in [2.75, 3.05) is 6.61 Å². The first-order valence-corrected chi connectivity index (χ1v) is 9.31. The van der Waals surface area contributed by atoms with E-state index in [0.29, 0.717) is 6.42 Å². The molecule has 0 saturated heterocycles. The third-order valence-electron chi connectivity index (χ3n) is 4.00. The molecule has 0 aliphatic carbocycles. The van der Waals surface area contributed by atoms with E-state index in [4.69, 9.17) is 9.47 Å². The average molecular weight is 396 g/mol. The Balaban J connectivity index is 2.84. The SMILES string of the molecule is CCOC(=O)[C@@H](NC(=O)OC(C)(C)C)C(=O)N[C@@H](C)Cc1c(C)nn(C)c1C. The lowest BCUT2D eigenvalue weighted by Crippen LogP contribution is -2.54. The van der Waals surface area contributed by atoms with E-state index in [2.05, 4.69) is 15.7 Å². The lowest BCUT2D eigenvalue weighted by molar-refractivity contribution is -0.149. The Morgan fingerprint density at radius 2 is 1.79 bits per heavy atom. The van der Waals surface area contributed by atoms with Gasteiger partial charge in [-0.15, -0.1) is 0 Å². The van der Waals surface area contributed by atoms with Crippen molar-refractivity contribution in [2.24, 2.45) is 7.05 Å². The Morgan fingerprint density at radius 1 is 1.18 bits per heavy atom. The van der Waals surface area contributed by atoms with Crippen molar-refractivity contribution >= 4 is 18.0 Å². The average Bonchev–Trinajstić information content (AvgIpc) is 2.77. The Kier molecular flexibility index (Phi) is 8.01. The number of carbonyl (C=O) groups is 3. The molecule has 0 saturated carbocycles. The van der Waals surface area contributed by atoms with Crippen LogP contribution in [0.2, 0.25) is 0 Å². The van der Waals surface area contributed by atoms with E-state index >= 15 is 0 Å². The van der Waals surface area contributed by atoms with E-state index < -0.39 is 29.6 Å². The van der Waals surface area contributed by atoms with Crippen LogP contribution in [0.4, 0.5) is 4.79 Å². The molecular weight excluding hydrogens is 364 g/mol. The van der Waals surface area contributed by atoms with Gasteiger partial charge in [0, 0.05) is 18.8 Å². The lowest BCUT2D eigenvalue weighted by Gasteiger charge is -2.23. The van der Waals surface area contributed by atoms with Gasteiger partial charge in [0.25, 0.3) is 5.91 Å². The number of carbonyl (C=O) groups excluding carboxylic acids is 3. The van der Waals surface area contributed by atoms with Crippen LogP contribution in [0.5, 0.6) is 0 Å². The van der Waals surface area contributed by atoms with Gasteiger partial charge in [-0.3, -0.25) is 14.8 Å². The molecule has 0 aliphatic heterocycles. The molecule has 0 unspecified atom stereocenters. The topological polar surface area (TPSA) is 112 Å². The normalized spacial score (nSPS) is 13.4. The van der Waals surface area contributed by atoms with Crippen molar-refractivity contribution in [2.45, 2.75) is 72.6 Å². The van der Waals surface area contributed by atoms with Crippen molar-refractivity contribution in [1.29, 1.82) is 0 Å². The molecule has 28 heavy (non-hydrogen) atoms. The summed E-state index contributed by atoms with van der Waals surface area (Å²) in [5, 5.41) is 9.40. The number of aryl methyl sites for hydroxylation is 2. The minimum Gasteiger partial charge on any atom is -0.464 e. The molecular formula is C19H32N4O5. The highest BCUT2D eigenvalue weighted by Crippen LogP contribution is 2.14. The summed E-state index contributed by atoms with van der Waals surface area (Å²) in [7, 11) is 1.86. The van der Waals surface area contributed by atoms with Crippen LogP contribution >= 0.6 is 0 Å². The van der Waals surface area contributed by atoms with Crippen LogP contribution in [0.25, 0.3) is 0 Å². The fourth-order valence-corrected chi connectivity index (χ4v) is 2.68. The molecule has 1 aromatic heterocycles. The van der Waals surface area contributed by atoms with Gasteiger partial charge in [-0.2, -0.15) is 5.10 Å². The summed E-state index contributed by atoms with van der Waals surface area (Å²) in [4.78, 5) is 36.8. The number of amides is 2. The van der Waals surface area contributed by atoms with Gasteiger partial charge < -0.3 is 14.8 Å². The van der Waals surface area contributed by atoms with Gasteiger partial charge in [0.05, 0.1) is 12.3 Å². The van der Waals surface area contributed by atoms with Crippen LogP contribution < -0.4 is 10.6 Å². The summed E-state index contributed by atoms with van der Waals surface area (Å²) >= 11 is 0. The second-order valence-corrected chi connectivity index (χ2v) is 7.72. The Bertz CT molecular complexity index is 721. The quantitative estimate of drug-likeness (QED) is 0.534. The van der Waals surface area contributed by atoms with E-state index in [1.165, 1.54) is 0 Å². The number of aromatic nitrogens is 2. The number of nitrogens with one attached hydrogen (secondary N) is 2. The molecule has 0 bridgehead atoms. The van der Waals surface area contributed by atoms with Gasteiger partial charge in [0.2, 0.25) is 6.04 Å². The smallest absolute Gasteiger partial charge is 0.408 e. The van der Waals surface area contributed by atoms with Gasteiger partial charge >= 0.3 is 12.1 Å². The Labute approximate surface area is 166 Å². The fraction of sp³-hybridized carbons (Fsp3) is 0.684. The molecule has 0 aromatic carbocycles. The lowest BCUT2D eigenvalue weighted by atomic mass is 10.0. The molecule has 2 amide bonds. The number of ether oxygens (including phenoxy) is 2. The highest BCUT2D eigenvalue weighted by molar-refractivity contribution is 6.04. The van der Waals surface area contributed by atoms with Crippen LogP contribution in [0.15, 0.2) is 0 Å². The van der Waals surface area contributed by atoms with Crippen molar-refractivity contribution in [3.05, 3.63) is 17.0 Å². The first-order valence-electron chi connectivity index (χ1n) is 9.31. The van der Waals surface area contributed by atoms with Crippen molar-refractivity contribution in [3.8, 4) is 0 Å². The van der Waals surface area contributed by atoms with Crippen LogP contribution in [0.1, 0.15) is 51.6 Å². The zero-order valence-corrected chi connectivity index (χ0v) is 18.0. The Morgan fingerprint density at radius 3 is 2.25 bits per heavy atom. The molecule has 0 aliphatic rings. The molecule has 0 fully saturated rings. The second kappa shape index (κ2) is 9.57. The number of alkyl carbamates (subject to hydrolysis) is 1. The molecule has 1 rings (SSSR count). The highest BCUT2D eigenvalue weighted by atomic mass is 16.6. The van der Waals surface area contributed by atoms with E-state index in [1.54, 1.807) is 32.4 Å². The van der Waals surface area contributed by atoms with Gasteiger partial charge in [-0.25, -0.2) is 9.59 Å². The van der Waals surface area contributed by atoms with Crippen LogP contribution in [0.3, 0.4) is 0 Å². The zero-order chi connectivity index (χ0) is 21.6. The maximum atomic E-state index is 12.6. The summed E-state index contributed by atoms with van der Waals surface area (Å²) in [6, 6.07) is -1.78. The third-order valence-corrected chi connectivity index (χ3v) is 4.00. The first kappa shape index (κ1) is 23.5. The number of nitrogens with zero attached hydrogens (tertiary/aromatic N) is 2. The standard InChI is InChI=1S/C19H32N4O5/c1-9-27-17(25)15(21-18(26)28-19(5,6)7)16(24)20-11(2)10-14-12(3)22-23(8)13(14)4/h11,15H,9-10H2,1-8H3,(H,20,24)(H,21,26)/t11-,15-/m0/s1. The summed E-state index contributed by atoms with van der Waals surface area (Å²) in [6.07, 6.45) is -0.327. The predicted molar refractivity (Wildman–Crippen MR) is 104 cm³/mol. The summed E-state index contributed by atoms with van der Waals surface area (Å²) in [6.45, 7) is 12.4. The van der Waals surface area contributed by atoms with Crippen LogP contribution in [-0.2, 0) is 32.5 Å². The maximum Gasteiger partial charge on any atom is 0.408 e. The molecule has 1 aromatic rings. The molecule has 9 heteroatoms. The molecule has 0 spiro atoms.